The van der Waals surface area contributed by atoms with Crippen molar-refractivity contribution in [2.24, 2.45) is 0 Å². The van der Waals surface area contributed by atoms with E-state index in [1.54, 1.807) is 0 Å². The number of carbonyl (C=O) groups excluding carboxylic acids is 1. The molecular formula is C10H16N4O4. The molecule has 0 saturated heterocycles. The summed E-state index contributed by atoms with van der Waals surface area (Å²) < 4.78 is 6.35. The van der Waals surface area contributed by atoms with Crippen molar-refractivity contribution >= 4 is 11.6 Å². The van der Waals surface area contributed by atoms with E-state index < -0.39 is 4.92 Å². The van der Waals surface area contributed by atoms with Crippen LogP contribution in [0.2, 0.25) is 0 Å². The van der Waals surface area contributed by atoms with E-state index in [9.17, 15) is 14.9 Å². The van der Waals surface area contributed by atoms with Gasteiger partial charge in [-0.15, -0.1) is 0 Å². The Morgan fingerprint density at radius 3 is 3.06 bits per heavy atom. The minimum atomic E-state index is -0.552. The van der Waals surface area contributed by atoms with Crippen LogP contribution < -0.4 is 5.32 Å². The number of nitro groups is 1. The maximum absolute atomic E-state index is 11.4. The van der Waals surface area contributed by atoms with Gasteiger partial charge in [-0.3, -0.25) is 19.6 Å². The van der Waals surface area contributed by atoms with Gasteiger partial charge in [0.25, 0.3) is 0 Å². The number of hydrogen-bond acceptors (Lipinski definition) is 5. The van der Waals surface area contributed by atoms with E-state index in [2.05, 4.69) is 10.4 Å². The SMILES string of the molecule is CCOCCCNC(=O)Cn1cc([N+](=O)[O-])cn1. The summed E-state index contributed by atoms with van der Waals surface area (Å²) in [4.78, 5) is 21.3. The van der Waals surface area contributed by atoms with Crippen LogP contribution in [0.5, 0.6) is 0 Å². The van der Waals surface area contributed by atoms with E-state index >= 15 is 0 Å². The van der Waals surface area contributed by atoms with Crippen molar-refractivity contribution in [3.8, 4) is 0 Å². The van der Waals surface area contributed by atoms with Crippen LogP contribution in [0.3, 0.4) is 0 Å². The van der Waals surface area contributed by atoms with Crippen molar-refractivity contribution in [1.82, 2.24) is 15.1 Å². The number of ether oxygens (including phenoxy) is 1. The van der Waals surface area contributed by atoms with Crippen LogP contribution in [0.15, 0.2) is 12.4 Å². The van der Waals surface area contributed by atoms with E-state index in [0.717, 1.165) is 12.6 Å². The van der Waals surface area contributed by atoms with Crippen LogP contribution >= 0.6 is 0 Å². The Morgan fingerprint density at radius 1 is 1.67 bits per heavy atom. The lowest BCUT2D eigenvalue weighted by Gasteiger charge is -2.05. The zero-order valence-corrected chi connectivity index (χ0v) is 10.2. The maximum atomic E-state index is 11.4. The third kappa shape index (κ3) is 4.91. The smallest absolute Gasteiger partial charge is 0.307 e. The summed E-state index contributed by atoms with van der Waals surface area (Å²) in [6.07, 6.45) is 3.07. The maximum Gasteiger partial charge on any atom is 0.307 e. The van der Waals surface area contributed by atoms with Crippen LogP contribution in [0, 0.1) is 10.1 Å². The molecule has 8 heteroatoms. The number of amides is 1. The highest BCUT2D eigenvalue weighted by molar-refractivity contribution is 5.75. The van der Waals surface area contributed by atoms with Crippen LogP contribution in [-0.2, 0) is 16.1 Å². The molecule has 0 aliphatic rings. The largest absolute Gasteiger partial charge is 0.382 e. The average Bonchev–Trinajstić information content (AvgIpc) is 2.77. The molecule has 0 atom stereocenters. The molecule has 0 radical (unpaired) electrons. The second kappa shape index (κ2) is 7.38. The molecule has 100 valence electrons. The summed E-state index contributed by atoms with van der Waals surface area (Å²) in [5, 5.41) is 16.8. The second-order valence-corrected chi connectivity index (χ2v) is 3.55. The minimum Gasteiger partial charge on any atom is -0.382 e. The predicted molar refractivity (Wildman–Crippen MR) is 63.0 cm³/mol. The lowest BCUT2D eigenvalue weighted by atomic mass is 10.4. The van der Waals surface area contributed by atoms with Gasteiger partial charge in [0, 0.05) is 19.8 Å². The predicted octanol–water partition coefficient (Wildman–Crippen LogP) is 0.334. The molecule has 1 aromatic rings. The molecule has 0 bridgehead atoms. The topological polar surface area (TPSA) is 99.3 Å². The quantitative estimate of drug-likeness (QED) is 0.410. The molecule has 0 aromatic carbocycles. The Labute approximate surface area is 104 Å². The molecule has 1 heterocycles. The van der Waals surface area contributed by atoms with Crippen molar-refractivity contribution < 1.29 is 14.5 Å². The first kappa shape index (κ1) is 14.1. The molecule has 1 rings (SSSR count). The molecular weight excluding hydrogens is 240 g/mol. The van der Waals surface area contributed by atoms with Gasteiger partial charge in [-0.25, -0.2) is 0 Å². The van der Waals surface area contributed by atoms with Crippen molar-refractivity contribution in [3.05, 3.63) is 22.5 Å². The lowest BCUT2D eigenvalue weighted by Crippen LogP contribution is -2.29. The summed E-state index contributed by atoms with van der Waals surface area (Å²) in [6, 6.07) is 0. The van der Waals surface area contributed by atoms with Crippen LogP contribution in [0.4, 0.5) is 5.69 Å². The van der Waals surface area contributed by atoms with E-state index in [0.29, 0.717) is 19.8 Å². The van der Waals surface area contributed by atoms with Gasteiger partial charge >= 0.3 is 5.69 Å². The highest BCUT2D eigenvalue weighted by Gasteiger charge is 2.10. The van der Waals surface area contributed by atoms with E-state index in [1.165, 1.54) is 10.9 Å². The highest BCUT2D eigenvalue weighted by atomic mass is 16.6. The summed E-state index contributed by atoms with van der Waals surface area (Å²) in [5.74, 6) is -0.232. The summed E-state index contributed by atoms with van der Waals surface area (Å²) >= 11 is 0. The molecule has 1 N–H and O–H groups in total. The molecule has 0 aliphatic heterocycles. The summed E-state index contributed by atoms with van der Waals surface area (Å²) in [6.45, 7) is 3.66. The standard InChI is InChI=1S/C10H16N4O4/c1-2-18-5-3-4-11-10(15)8-13-7-9(6-12-13)14(16)17/h6-7H,2-5,8H2,1H3,(H,11,15). The Kier molecular flexibility index (Phi) is 5.78. The first-order valence-corrected chi connectivity index (χ1v) is 5.64. The lowest BCUT2D eigenvalue weighted by molar-refractivity contribution is -0.385. The molecule has 0 saturated carbocycles. The Balaban J connectivity index is 2.24. The number of aromatic nitrogens is 2. The zero-order valence-electron chi connectivity index (χ0n) is 10.2. The molecule has 0 fully saturated rings. The molecule has 0 spiro atoms. The van der Waals surface area contributed by atoms with Gasteiger partial charge in [-0.2, -0.15) is 5.10 Å². The van der Waals surface area contributed by atoms with Gasteiger partial charge in [0.15, 0.2) is 0 Å². The number of nitrogens with zero attached hydrogens (tertiary/aromatic N) is 3. The molecule has 18 heavy (non-hydrogen) atoms. The number of nitrogens with one attached hydrogen (secondary N) is 1. The van der Waals surface area contributed by atoms with Gasteiger partial charge in [0.2, 0.25) is 5.91 Å². The highest BCUT2D eigenvalue weighted by Crippen LogP contribution is 2.07. The van der Waals surface area contributed by atoms with Gasteiger partial charge in [0.05, 0.1) is 4.92 Å². The molecule has 0 unspecified atom stereocenters. The number of carbonyl (C=O) groups is 1. The molecule has 1 aromatic heterocycles. The zero-order chi connectivity index (χ0) is 13.4. The molecule has 8 nitrogen and oxygen atoms in total. The van der Waals surface area contributed by atoms with Gasteiger partial charge in [0.1, 0.15) is 18.9 Å². The third-order valence-corrected chi connectivity index (χ3v) is 2.13. The van der Waals surface area contributed by atoms with Crippen LogP contribution in [0.25, 0.3) is 0 Å². The van der Waals surface area contributed by atoms with Gasteiger partial charge in [-0.1, -0.05) is 0 Å². The van der Waals surface area contributed by atoms with Crippen LogP contribution in [-0.4, -0.2) is 40.4 Å². The summed E-state index contributed by atoms with van der Waals surface area (Å²) in [7, 11) is 0. The van der Waals surface area contributed by atoms with Crippen molar-refractivity contribution in [2.45, 2.75) is 19.9 Å². The van der Waals surface area contributed by atoms with Crippen molar-refractivity contribution in [2.75, 3.05) is 19.8 Å². The number of rotatable bonds is 8. The number of hydrogen-bond donors (Lipinski definition) is 1. The molecule has 0 aliphatic carbocycles. The van der Waals surface area contributed by atoms with E-state index in [-0.39, 0.29) is 18.1 Å². The Bertz CT molecular complexity index is 404. The summed E-state index contributed by atoms with van der Waals surface area (Å²) in [5.41, 5.74) is -0.126. The Morgan fingerprint density at radius 2 is 2.44 bits per heavy atom. The van der Waals surface area contributed by atoms with Crippen molar-refractivity contribution in [3.63, 3.8) is 0 Å². The van der Waals surface area contributed by atoms with Crippen LogP contribution in [0.1, 0.15) is 13.3 Å². The first-order chi connectivity index (χ1) is 8.63. The fourth-order valence-electron chi connectivity index (χ4n) is 1.28. The normalized spacial score (nSPS) is 10.3. The van der Waals surface area contributed by atoms with E-state index in [1.807, 2.05) is 6.92 Å². The fraction of sp³-hybridized carbons (Fsp3) is 0.600. The van der Waals surface area contributed by atoms with Crippen molar-refractivity contribution in [1.29, 1.82) is 0 Å². The van der Waals surface area contributed by atoms with Gasteiger partial charge < -0.3 is 10.1 Å². The second-order valence-electron chi connectivity index (χ2n) is 3.55. The Hall–Kier alpha value is -1.96. The average molecular weight is 256 g/mol. The van der Waals surface area contributed by atoms with Gasteiger partial charge in [-0.05, 0) is 13.3 Å². The fourth-order valence-corrected chi connectivity index (χ4v) is 1.28. The first-order valence-electron chi connectivity index (χ1n) is 5.64. The third-order valence-electron chi connectivity index (χ3n) is 2.13. The molecule has 1 amide bonds. The monoisotopic (exact) mass is 256 g/mol. The minimum absolute atomic E-state index is 0.0253. The van der Waals surface area contributed by atoms with E-state index in [4.69, 9.17) is 4.74 Å².